The zero-order valence-corrected chi connectivity index (χ0v) is 13.6. The van der Waals surface area contributed by atoms with Gasteiger partial charge in [0.15, 0.2) is 0 Å². The van der Waals surface area contributed by atoms with E-state index >= 15 is 0 Å². The van der Waals surface area contributed by atoms with E-state index in [9.17, 15) is 4.39 Å². The maximum absolute atomic E-state index is 13.2. The van der Waals surface area contributed by atoms with E-state index in [2.05, 4.69) is 9.97 Å². The molecule has 4 rings (SSSR count). The van der Waals surface area contributed by atoms with Crippen LogP contribution in [-0.2, 0) is 6.61 Å². The Kier molecular flexibility index (Phi) is 4.04. The summed E-state index contributed by atoms with van der Waals surface area (Å²) in [6, 6.07) is 13.6. The molecule has 0 fully saturated rings. The van der Waals surface area contributed by atoms with Gasteiger partial charge in [-0.3, -0.25) is 0 Å². The van der Waals surface area contributed by atoms with Crippen molar-refractivity contribution in [1.29, 1.82) is 5.26 Å². The van der Waals surface area contributed by atoms with Crippen LogP contribution in [0.15, 0.2) is 67.3 Å². The van der Waals surface area contributed by atoms with Crippen molar-refractivity contribution in [3.05, 3.63) is 84.3 Å². The second kappa shape index (κ2) is 6.65. The van der Waals surface area contributed by atoms with Gasteiger partial charge in [-0.2, -0.15) is 5.26 Å². The molecular weight excluding hydrogens is 331 g/mol. The molecule has 0 aliphatic carbocycles. The minimum Gasteiger partial charge on any atom is -0.487 e. The molecule has 5 nitrogen and oxygen atoms in total. The smallest absolute Gasteiger partial charge is 0.146 e. The molecule has 126 valence electrons. The van der Waals surface area contributed by atoms with Gasteiger partial charge in [-0.1, -0.05) is 18.2 Å². The Morgan fingerprint density at radius 2 is 1.96 bits per heavy atom. The molecule has 0 saturated heterocycles. The normalized spacial score (nSPS) is 10.6. The van der Waals surface area contributed by atoms with Gasteiger partial charge in [0.05, 0.1) is 6.20 Å². The van der Waals surface area contributed by atoms with Crippen LogP contribution in [0.5, 0.6) is 5.75 Å². The fraction of sp³-hybridized carbons (Fsp3) is 0.0500. The van der Waals surface area contributed by atoms with Crippen LogP contribution in [0.3, 0.4) is 0 Å². The predicted octanol–water partition coefficient (Wildman–Crippen LogP) is 3.99. The van der Waals surface area contributed by atoms with E-state index in [-0.39, 0.29) is 11.5 Å². The highest BCUT2D eigenvalue weighted by atomic mass is 19.1. The first kappa shape index (κ1) is 15.8. The summed E-state index contributed by atoms with van der Waals surface area (Å²) in [4.78, 5) is 8.29. The van der Waals surface area contributed by atoms with Gasteiger partial charge in [0, 0.05) is 29.7 Å². The molecule has 0 spiro atoms. The van der Waals surface area contributed by atoms with E-state index in [0.717, 1.165) is 16.8 Å². The Morgan fingerprint density at radius 3 is 2.77 bits per heavy atom. The van der Waals surface area contributed by atoms with Gasteiger partial charge in [-0.05, 0) is 29.8 Å². The van der Waals surface area contributed by atoms with Gasteiger partial charge < -0.3 is 9.14 Å². The van der Waals surface area contributed by atoms with Gasteiger partial charge >= 0.3 is 0 Å². The summed E-state index contributed by atoms with van der Waals surface area (Å²) in [5.74, 6) is 0.209. The summed E-state index contributed by atoms with van der Waals surface area (Å²) in [6.07, 6.45) is 7.06. The SMILES string of the molecule is N#Cc1cc(-c2ccc(F)cc2)c(OCc2ccc3nccn3c2)cn1. The molecule has 0 radical (unpaired) electrons. The van der Waals surface area contributed by atoms with E-state index < -0.39 is 0 Å². The highest BCUT2D eigenvalue weighted by molar-refractivity contribution is 5.70. The van der Waals surface area contributed by atoms with Crippen LogP contribution in [0.2, 0.25) is 0 Å². The molecule has 0 saturated carbocycles. The van der Waals surface area contributed by atoms with Crippen molar-refractivity contribution in [2.45, 2.75) is 6.61 Å². The Hall–Kier alpha value is -3.72. The molecule has 0 aliphatic heterocycles. The van der Waals surface area contributed by atoms with Crippen molar-refractivity contribution in [3.8, 4) is 22.9 Å². The van der Waals surface area contributed by atoms with Crippen molar-refractivity contribution >= 4 is 5.65 Å². The van der Waals surface area contributed by atoms with Crippen LogP contribution in [0.1, 0.15) is 11.3 Å². The summed E-state index contributed by atoms with van der Waals surface area (Å²) in [5.41, 5.74) is 3.55. The zero-order valence-electron chi connectivity index (χ0n) is 13.6. The van der Waals surface area contributed by atoms with E-state index in [1.165, 1.54) is 18.3 Å². The number of nitriles is 1. The standard InChI is InChI=1S/C20H13FN4O/c21-16-4-2-15(3-5-16)18-9-17(10-22)24-11-19(18)26-13-14-1-6-20-23-7-8-25(20)12-14/h1-9,11-12H,13H2. The highest BCUT2D eigenvalue weighted by Gasteiger charge is 2.10. The predicted molar refractivity (Wildman–Crippen MR) is 93.9 cm³/mol. The van der Waals surface area contributed by atoms with Crippen molar-refractivity contribution in [3.63, 3.8) is 0 Å². The minimum atomic E-state index is -0.320. The monoisotopic (exact) mass is 344 g/mol. The molecule has 3 aromatic heterocycles. The van der Waals surface area contributed by atoms with Crippen LogP contribution in [0.25, 0.3) is 16.8 Å². The molecular formula is C20H13FN4O. The molecule has 0 atom stereocenters. The summed E-state index contributed by atoms with van der Waals surface area (Å²) < 4.78 is 21.1. The van der Waals surface area contributed by atoms with Gasteiger partial charge in [0.1, 0.15) is 35.6 Å². The number of hydrogen-bond donors (Lipinski definition) is 0. The average molecular weight is 344 g/mol. The Morgan fingerprint density at radius 1 is 1.12 bits per heavy atom. The zero-order chi connectivity index (χ0) is 17.9. The van der Waals surface area contributed by atoms with Crippen LogP contribution in [-0.4, -0.2) is 14.4 Å². The molecule has 0 N–H and O–H groups in total. The van der Waals surface area contributed by atoms with E-state index in [4.69, 9.17) is 10.00 Å². The third-order valence-corrected chi connectivity index (χ3v) is 3.98. The largest absolute Gasteiger partial charge is 0.487 e. The number of halogens is 1. The number of pyridine rings is 2. The summed E-state index contributed by atoms with van der Waals surface area (Å²) in [6.45, 7) is 0.329. The quantitative estimate of drug-likeness (QED) is 0.562. The minimum absolute atomic E-state index is 0.275. The summed E-state index contributed by atoms with van der Waals surface area (Å²) in [5, 5.41) is 9.11. The van der Waals surface area contributed by atoms with Gasteiger partial charge in [-0.15, -0.1) is 0 Å². The fourth-order valence-electron chi connectivity index (χ4n) is 2.69. The van der Waals surface area contributed by atoms with E-state index in [0.29, 0.717) is 17.9 Å². The number of imidazole rings is 1. The third kappa shape index (κ3) is 3.10. The van der Waals surface area contributed by atoms with E-state index in [1.807, 2.05) is 35.0 Å². The third-order valence-electron chi connectivity index (χ3n) is 3.98. The van der Waals surface area contributed by atoms with Gasteiger partial charge in [-0.25, -0.2) is 14.4 Å². The Labute approximate surface area is 149 Å². The number of ether oxygens (including phenoxy) is 1. The second-order valence-electron chi connectivity index (χ2n) is 5.70. The van der Waals surface area contributed by atoms with Crippen molar-refractivity contribution in [2.24, 2.45) is 0 Å². The summed E-state index contributed by atoms with van der Waals surface area (Å²) >= 11 is 0. The fourth-order valence-corrected chi connectivity index (χ4v) is 2.69. The molecule has 4 aromatic rings. The number of benzene rings is 1. The van der Waals surface area contributed by atoms with Crippen molar-refractivity contribution < 1.29 is 9.13 Å². The Balaban J connectivity index is 1.64. The highest BCUT2D eigenvalue weighted by Crippen LogP contribution is 2.30. The first-order chi connectivity index (χ1) is 12.7. The number of hydrogen-bond acceptors (Lipinski definition) is 4. The second-order valence-corrected chi connectivity index (χ2v) is 5.70. The molecule has 0 aliphatic rings. The molecule has 26 heavy (non-hydrogen) atoms. The molecule has 0 amide bonds. The lowest BCUT2D eigenvalue weighted by Gasteiger charge is -2.12. The lowest BCUT2D eigenvalue weighted by atomic mass is 10.1. The number of aromatic nitrogens is 3. The number of nitrogens with zero attached hydrogens (tertiary/aromatic N) is 4. The van der Waals surface area contributed by atoms with Crippen LogP contribution >= 0.6 is 0 Å². The van der Waals surface area contributed by atoms with Gasteiger partial charge in [0.25, 0.3) is 0 Å². The average Bonchev–Trinajstić information content (AvgIpc) is 3.15. The molecule has 3 heterocycles. The molecule has 1 aromatic carbocycles. The summed E-state index contributed by atoms with van der Waals surface area (Å²) in [7, 11) is 0. The molecule has 6 heteroatoms. The molecule has 0 bridgehead atoms. The number of fused-ring (bicyclic) bond motifs is 1. The first-order valence-electron chi connectivity index (χ1n) is 7.93. The molecule has 0 unspecified atom stereocenters. The van der Waals surface area contributed by atoms with Crippen molar-refractivity contribution in [2.75, 3.05) is 0 Å². The van der Waals surface area contributed by atoms with Crippen LogP contribution in [0, 0.1) is 17.1 Å². The maximum atomic E-state index is 13.2. The van der Waals surface area contributed by atoms with Crippen LogP contribution in [0.4, 0.5) is 4.39 Å². The van der Waals surface area contributed by atoms with Crippen LogP contribution < -0.4 is 4.74 Å². The van der Waals surface area contributed by atoms with Crippen molar-refractivity contribution in [1.82, 2.24) is 14.4 Å². The lowest BCUT2D eigenvalue weighted by molar-refractivity contribution is 0.305. The van der Waals surface area contributed by atoms with Gasteiger partial charge in [0.2, 0.25) is 0 Å². The Bertz CT molecular complexity index is 1110. The number of rotatable bonds is 4. The maximum Gasteiger partial charge on any atom is 0.146 e. The first-order valence-corrected chi connectivity index (χ1v) is 7.93. The van der Waals surface area contributed by atoms with E-state index in [1.54, 1.807) is 24.4 Å². The topological polar surface area (TPSA) is 63.2 Å². The lowest BCUT2D eigenvalue weighted by Crippen LogP contribution is -2.00.